The smallest absolute Gasteiger partial charge is 0.264 e. The van der Waals surface area contributed by atoms with Crippen LogP contribution in [-0.2, 0) is 0 Å². The average Bonchev–Trinajstić information content (AvgIpc) is 3.27. The van der Waals surface area contributed by atoms with E-state index in [1.165, 1.54) is 18.2 Å². The highest BCUT2D eigenvalue weighted by Crippen LogP contribution is 2.34. The van der Waals surface area contributed by atoms with Gasteiger partial charge in [0.1, 0.15) is 11.4 Å². The maximum Gasteiger partial charge on any atom is 0.264 e. The summed E-state index contributed by atoms with van der Waals surface area (Å²) in [5.74, 6) is -1.07. The van der Waals surface area contributed by atoms with Crippen molar-refractivity contribution in [1.82, 2.24) is 4.57 Å². The maximum absolute atomic E-state index is 13.2. The van der Waals surface area contributed by atoms with Crippen LogP contribution in [0.3, 0.4) is 0 Å². The van der Waals surface area contributed by atoms with Gasteiger partial charge in [-0.05, 0) is 56.5 Å². The second kappa shape index (κ2) is 5.81. The summed E-state index contributed by atoms with van der Waals surface area (Å²) in [7, 11) is 0. The third-order valence-electron chi connectivity index (χ3n) is 3.95. The van der Waals surface area contributed by atoms with E-state index in [0.29, 0.717) is 11.3 Å². The number of hydrogen-bond acceptors (Lipinski definition) is 2. The first-order valence-electron chi connectivity index (χ1n) is 7.37. The molecular formula is C17H16ClFN2O2. The highest BCUT2D eigenvalue weighted by molar-refractivity contribution is 6.31. The van der Waals surface area contributed by atoms with Crippen molar-refractivity contribution < 1.29 is 9.18 Å². The Morgan fingerprint density at radius 2 is 2.00 bits per heavy atom. The van der Waals surface area contributed by atoms with E-state index in [-0.39, 0.29) is 22.2 Å². The SMILES string of the molecule is Cc1cc(C)n(C2CC2)c(=O)c1C(=O)Nc1ccc(F)c(Cl)c1. The lowest BCUT2D eigenvalue weighted by atomic mass is 10.1. The minimum atomic E-state index is -0.563. The molecule has 1 N–H and O–H groups in total. The fourth-order valence-electron chi connectivity index (χ4n) is 2.73. The van der Waals surface area contributed by atoms with Crippen molar-refractivity contribution in [3.05, 3.63) is 62.3 Å². The molecule has 23 heavy (non-hydrogen) atoms. The van der Waals surface area contributed by atoms with Crippen molar-refractivity contribution in [3.8, 4) is 0 Å². The molecule has 6 heteroatoms. The van der Waals surface area contributed by atoms with E-state index in [2.05, 4.69) is 5.32 Å². The Bertz CT molecular complexity index is 856. The molecule has 120 valence electrons. The van der Waals surface area contributed by atoms with E-state index >= 15 is 0 Å². The molecular weight excluding hydrogens is 319 g/mol. The standard InChI is InChI=1S/C17H16ClFN2O2/c1-9-7-10(2)21(12-4-5-12)17(23)15(9)16(22)20-11-3-6-14(19)13(18)8-11/h3,6-8,12H,4-5H2,1-2H3,(H,20,22). The molecule has 0 bridgehead atoms. The molecule has 0 unspecified atom stereocenters. The first-order chi connectivity index (χ1) is 10.9. The molecule has 1 aliphatic carbocycles. The zero-order valence-electron chi connectivity index (χ0n) is 12.8. The Balaban J connectivity index is 1.97. The molecule has 4 nitrogen and oxygen atoms in total. The van der Waals surface area contributed by atoms with Crippen molar-refractivity contribution >= 4 is 23.2 Å². The summed E-state index contributed by atoms with van der Waals surface area (Å²) in [5, 5.41) is 2.53. The number of carbonyl (C=O) groups excluding carboxylic acids is 1. The minimum absolute atomic E-state index is 0.0844. The number of halogens is 2. The van der Waals surface area contributed by atoms with Gasteiger partial charge in [0.15, 0.2) is 0 Å². The summed E-state index contributed by atoms with van der Waals surface area (Å²) >= 11 is 5.71. The number of benzene rings is 1. The second-order valence-electron chi connectivity index (χ2n) is 5.83. The lowest BCUT2D eigenvalue weighted by molar-refractivity contribution is 0.102. The first kappa shape index (κ1) is 15.7. The van der Waals surface area contributed by atoms with E-state index in [9.17, 15) is 14.0 Å². The molecule has 1 fully saturated rings. The predicted octanol–water partition coefficient (Wildman–Crippen LogP) is 3.84. The quantitative estimate of drug-likeness (QED) is 0.927. The fourth-order valence-corrected chi connectivity index (χ4v) is 2.92. The van der Waals surface area contributed by atoms with Crippen LogP contribution in [0.5, 0.6) is 0 Å². The Labute approximate surface area is 137 Å². The number of nitrogens with one attached hydrogen (secondary N) is 1. The summed E-state index contributed by atoms with van der Waals surface area (Å²) in [6, 6.07) is 5.92. The third-order valence-corrected chi connectivity index (χ3v) is 4.24. The highest BCUT2D eigenvalue weighted by atomic mass is 35.5. The number of aryl methyl sites for hydroxylation is 2. The van der Waals surface area contributed by atoms with Gasteiger partial charge in [0.05, 0.1) is 5.02 Å². The summed E-state index contributed by atoms with van der Waals surface area (Å²) in [6.45, 7) is 3.60. The van der Waals surface area contributed by atoms with Gasteiger partial charge in [-0.2, -0.15) is 0 Å². The maximum atomic E-state index is 13.2. The van der Waals surface area contributed by atoms with Crippen molar-refractivity contribution in [1.29, 1.82) is 0 Å². The van der Waals surface area contributed by atoms with Gasteiger partial charge in [-0.1, -0.05) is 11.6 Å². The lowest BCUT2D eigenvalue weighted by Crippen LogP contribution is -2.31. The lowest BCUT2D eigenvalue weighted by Gasteiger charge is -2.14. The van der Waals surface area contributed by atoms with Crippen LogP contribution in [0, 0.1) is 19.7 Å². The Hall–Kier alpha value is -2.14. The Morgan fingerprint density at radius 1 is 1.30 bits per heavy atom. The van der Waals surface area contributed by atoms with Crippen LogP contribution in [0.1, 0.15) is 40.5 Å². The Kier molecular flexibility index (Phi) is 3.98. The molecule has 0 saturated heterocycles. The van der Waals surface area contributed by atoms with E-state index in [4.69, 9.17) is 11.6 Å². The van der Waals surface area contributed by atoms with Crippen LogP contribution in [0.4, 0.5) is 10.1 Å². The number of rotatable bonds is 3. The predicted molar refractivity (Wildman–Crippen MR) is 87.8 cm³/mol. The van der Waals surface area contributed by atoms with Gasteiger partial charge < -0.3 is 9.88 Å². The number of carbonyl (C=O) groups is 1. The molecule has 0 radical (unpaired) electrons. The zero-order chi connectivity index (χ0) is 16.7. The molecule has 3 rings (SSSR count). The summed E-state index contributed by atoms with van der Waals surface area (Å²) < 4.78 is 14.9. The summed E-state index contributed by atoms with van der Waals surface area (Å²) in [6.07, 6.45) is 1.91. The van der Waals surface area contributed by atoms with Gasteiger partial charge in [-0.3, -0.25) is 9.59 Å². The number of nitrogens with zero attached hydrogens (tertiary/aromatic N) is 1. The number of hydrogen-bond donors (Lipinski definition) is 1. The number of amides is 1. The first-order valence-corrected chi connectivity index (χ1v) is 7.75. The number of anilines is 1. The number of pyridine rings is 1. The van der Waals surface area contributed by atoms with E-state index < -0.39 is 11.7 Å². The third kappa shape index (κ3) is 3.01. The highest BCUT2D eigenvalue weighted by Gasteiger charge is 2.28. The van der Waals surface area contributed by atoms with Crippen molar-refractivity contribution in [3.63, 3.8) is 0 Å². The number of aromatic nitrogens is 1. The molecule has 0 atom stereocenters. The fraction of sp³-hybridized carbons (Fsp3) is 0.294. The van der Waals surface area contributed by atoms with Crippen LogP contribution in [0.15, 0.2) is 29.1 Å². The van der Waals surface area contributed by atoms with Gasteiger partial charge in [-0.15, -0.1) is 0 Å². The topological polar surface area (TPSA) is 51.1 Å². The molecule has 1 heterocycles. The molecule has 1 aliphatic rings. The van der Waals surface area contributed by atoms with E-state index in [0.717, 1.165) is 18.5 Å². The van der Waals surface area contributed by atoms with Gasteiger partial charge in [0, 0.05) is 17.4 Å². The Morgan fingerprint density at radius 3 is 2.61 bits per heavy atom. The van der Waals surface area contributed by atoms with Gasteiger partial charge >= 0.3 is 0 Å². The molecule has 2 aromatic rings. The van der Waals surface area contributed by atoms with E-state index in [1.54, 1.807) is 11.5 Å². The van der Waals surface area contributed by atoms with Gasteiger partial charge in [0.2, 0.25) is 0 Å². The van der Waals surface area contributed by atoms with Gasteiger partial charge in [0.25, 0.3) is 11.5 Å². The molecule has 1 saturated carbocycles. The van der Waals surface area contributed by atoms with Crippen LogP contribution in [0.2, 0.25) is 5.02 Å². The largest absolute Gasteiger partial charge is 0.322 e. The normalized spacial score (nSPS) is 13.9. The van der Waals surface area contributed by atoms with Crippen LogP contribution in [0.25, 0.3) is 0 Å². The zero-order valence-corrected chi connectivity index (χ0v) is 13.6. The average molecular weight is 335 g/mol. The molecule has 0 spiro atoms. The van der Waals surface area contributed by atoms with Crippen LogP contribution >= 0.6 is 11.6 Å². The molecule has 1 aromatic carbocycles. The van der Waals surface area contributed by atoms with Crippen molar-refractivity contribution in [2.75, 3.05) is 5.32 Å². The van der Waals surface area contributed by atoms with E-state index in [1.807, 2.05) is 13.0 Å². The summed E-state index contributed by atoms with van der Waals surface area (Å²) in [5.41, 5.74) is 1.66. The minimum Gasteiger partial charge on any atom is -0.322 e. The van der Waals surface area contributed by atoms with Crippen LogP contribution in [-0.4, -0.2) is 10.5 Å². The molecule has 1 aromatic heterocycles. The van der Waals surface area contributed by atoms with Crippen LogP contribution < -0.4 is 10.9 Å². The van der Waals surface area contributed by atoms with Crippen molar-refractivity contribution in [2.24, 2.45) is 0 Å². The second-order valence-corrected chi connectivity index (χ2v) is 6.24. The monoisotopic (exact) mass is 334 g/mol. The molecule has 1 amide bonds. The van der Waals surface area contributed by atoms with Gasteiger partial charge in [-0.25, -0.2) is 4.39 Å². The summed E-state index contributed by atoms with van der Waals surface area (Å²) in [4.78, 5) is 25.2. The molecule has 0 aliphatic heterocycles. The van der Waals surface area contributed by atoms with Crippen molar-refractivity contribution in [2.45, 2.75) is 32.7 Å².